The van der Waals surface area contributed by atoms with Crippen LogP contribution in [0.3, 0.4) is 0 Å². The number of hydrogen-bond acceptors (Lipinski definition) is 5. The molecule has 2 N–H and O–H groups in total. The summed E-state index contributed by atoms with van der Waals surface area (Å²) in [6.07, 6.45) is 3.72. The lowest BCUT2D eigenvalue weighted by Crippen LogP contribution is -2.43. The zero-order valence-corrected chi connectivity index (χ0v) is 16.4. The standard InChI is InChI=1S/C22H24N2O5/c1-3-14-28-22(27)18-9-11-19(12-10-18)29-15-21(26)24-23-20(25)13-8-17-6-4-16(2)5-7-17/h4-13H,3,14-15H2,1-2H3,(H,23,25)(H,24,26). The Labute approximate surface area is 169 Å². The van der Waals surface area contributed by atoms with Gasteiger partial charge in [0.2, 0.25) is 0 Å². The molecule has 0 aromatic heterocycles. The van der Waals surface area contributed by atoms with E-state index in [1.807, 2.05) is 38.1 Å². The van der Waals surface area contributed by atoms with Gasteiger partial charge in [0.05, 0.1) is 12.2 Å². The second-order valence-electron chi connectivity index (χ2n) is 6.23. The third-order valence-corrected chi connectivity index (χ3v) is 3.73. The predicted molar refractivity (Wildman–Crippen MR) is 109 cm³/mol. The molecule has 0 heterocycles. The molecule has 0 spiro atoms. The van der Waals surface area contributed by atoms with Gasteiger partial charge in [0, 0.05) is 6.08 Å². The summed E-state index contributed by atoms with van der Waals surface area (Å²) >= 11 is 0. The van der Waals surface area contributed by atoms with Crippen molar-refractivity contribution in [2.24, 2.45) is 0 Å². The first-order valence-electron chi connectivity index (χ1n) is 9.21. The fourth-order valence-corrected chi connectivity index (χ4v) is 2.17. The topological polar surface area (TPSA) is 93.7 Å². The number of carbonyl (C=O) groups excluding carboxylic acids is 3. The number of rotatable bonds is 8. The zero-order chi connectivity index (χ0) is 21.1. The van der Waals surface area contributed by atoms with E-state index in [1.165, 1.54) is 6.08 Å². The fraction of sp³-hybridized carbons (Fsp3) is 0.227. The normalized spacial score (nSPS) is 10.4. The monoisotopic (exact) mass is 396 g/mol. The van der Waals surface area contributed by atoms with Gasteiger partial charge in [-0.25, -0.2) is 4.79 Å². The molecule has 0 radical (unpaired) electrons. The van der Waals surface area contributed by atoms with Crippen LogP contribution < -0.4 is 15.6 Å². The first-order valence-corrected chi connectivity index (χ1v) is 9.21. The van der Waals surface area contributed by atoms with E-state index in [1.54, 1.807) is 30.3 Å². The van der Waals surface area contributed by atoms with Gasteiger partial charge >= 0.3 is 5.97 Å². The number of carbonyl (C=O) groups is 3. The minimum atomic E-state index is -0.520. The summed E-state index contributed by atoms with van der Waals surface area (Å²) in [5.41, 5.74) is 6.95. The van der Waals surface area contributed by atoms with Crippen LogP contribution in [0.15, 0.2) is 54.6 Å². The van der Waals surface area contributed by atoms with Gasteiger partial charge in [-0.1, -0.05) is 36.8 Å². The Morgan fingerprint density at radius 2 is 1.66 bits per heavy atom. The number of hydrogen-bond donors (Lipinski definition) is 2. The highest BCUT2D eigenvalue weighted by atomic mass is 16.5. The predicted octanol–water partition coefficient (Wildman–Crippen LogP) is 2.80. The van der Waals surface area contributed by atoms with Crippen LogP contribution in [0.5, 0.6) is 5.75 Å². The van der Waals surface area contributed by atoms with Gasteiger partial charge in [0.1, 0.15) is 5.75 Å². The molecule has 2 aromatic carbocycles. The van der Waals surface area contributed by atoms with Gasteiger partial charge in [-0.05, 0) is 49.2 Å². The van der Waals surface area contributed by atoms with Gasteiger partial charge in [-0.15, -0.1) is 0 Å². The molecule has 0 saturated heterocycles. The lowest BCUT2D eigenvalue weighted by molar-refractivity contribution is -0.128. The number of ether oxygens (including phenoxy) is 2. The maximum absolute atomic E-state index is 11.8. The average molecular weight is 396 g/mol. The van der Waals surface area contributed by atoms with E-state index in [0.717, 1.165) is 17.5 Å². The Morgan fingerprint density at radius 1 is 0.966 bits per heavy atom. The largest absolute Gasteiger partial charge is 0.484 e. The van der Waals surface area contributed by atoms with Crippen LogP contribution >= 0.6 is 0 Å². The van der Waals surface area contributed by atoms with Crippen molar-refractivity contribution in [1.29, 1.82) is 0 Å². The summed E-state index contributed by atoms with van der Waals surface area (Å²) < 4.78 is 10.4. The molecule has 2 amide bonds. The Balaban J connectivity index is 1.71. The molecule has 29 heavy (non-hydrogen) atoms. The van der Waals surface area contributed by atoms with Crippen LogP contribution in [-0.2, 0) is 14.3 Å². The van der Waals surface area contributed by atoms with E-state index in [4.69, 9.17) is 9.47 Å². The van der Waals surface area contributed by atoms with E-state index in [0.29, 0.717) is 17.9 Å². The van der Waals surface area contributed by atoms with E-state index in [-0.39, 0.29) is 6.61 Å². The second kappa shape index (κ2) is 11.3. The summed E-state index contributed by atoms with van der Waals surface area (Å²) in [4.78, 5) is 35.2. The number of benzene rings is 2. The molecule has 0 saturated carbocycles. The summed E-state index contributed by atoms with van der Waals surface area (Å²) in [5.74, 6) is -0.974. The van der Waals surface area contributed by atoms with Crippen LogP contribution in [0.4, 0.5) is 0 Å². The molecule has 0 aliphatic carbocycles. The number of amides is 2. The van der Waals surface area contributed by atoms with Crippen molar-refractivity contribution in [3.63, 3.8) is 0 Å². The fourth-order valence-electron chi connectivity index (χ4n) is 2.17. The minimum Gasteiger partial charge on any atom is -0.484 e. The molecule has 7 heteroatoms. The molecule has 0 aliphatic heterocycles. The maximum atomic E-state index is 11.8. The lowest BCUT2D eigenvalue weighted by Gasteiger charge is -2.08. The summed E-state index contributed by atoms with van der Waals surface area (Å²) in [5, 5.41) is 0. The van der Waals surface area contributed by atoms with Crippen molar-refractivity contribution < 1.29 is 23.9 Å². The maximum Gasteiger partial charge on any atom is 0.338 e. The molecule has 152 valence electrons. The van der Waals surface area contributed by atoms with Crippen molar-refractivity contribution in [2.45, 2.75) is 20.3 Å². The highest BCUT2D eigenvalue weighted by molar-refractivity contribution is 5.93. The van der Waals surface area contributed by atoms with E-state index >= 15 is 0 Å². The molecule has 2 aromatic rings. The van der Waals surface area contributed by atoms with Crippen LogP contribution in [0.2, 0.25) is 0 Å². The second-order valence-corrected chi connectivity index (χ2v) is 6.23. The Hall–Kier alpha value is -3.61. The molecule has 2 rings (SSSR count). The van der Waals surface area contributed by atoms with Crippen LogP contribution in [0.25, 0.3) is 6.08 Å². The quantitative estimate of drug-likeness (QED) is 0.407. The Bertz CT molecular complexity index is 858. The first kappa shape index (κ1) is 21.7. The van der Waals surface area contributed by atoms with E-state index in [9.17, 15) is 14.4 Å². The summed E-state index contributed by atoms with van der Waals surface area (Å²) in [6, 6.07) is 13.9. The highest BCUT2D eigenvalue weighted by Gasteiger charge is 2.08. The molecule has 0 atom stereocenters. The third-order valence-electron chi connectivity index (χ3n) is 3.73. The van der Waals surface area contributed by atoms with Gasteiger partial charge in [-0.2, -0.15) is 0 Å². The van der Waals surface area contributed by atoms with Gasteiger partial charge < -0.3 is 9.47 Å². The van der Waals surface area contributed by atoms with Gasteiger partial charge in [0.25, 0.3) is 11.8 Å². The molecular weight excluding hydrogens is 372 g/mol. The molecular formula is C22H24N2O5. The molecule has 0 unspecified atom stereocenters. The smallest absolute Gasteiger partial charge is 0.338 e. The first-order chi connectivity index (χ1) is 14.0. The van der Waals surface area contributed by atoms with Gasteiger partial charge in [0.15, 0.2) is 6.61 Å². The lowest BCUT2D eigenvalue weighted by atomic mass is 10.1. The zero-order valence-electron chi connectivity index (χ0n) is 16.4. The molecule has 7 nitrogen and oxygen atoms in total. The molecule has 0 fully saturated rings. The number of aryl methyl sites for hydroxylation is 1. The van der Waals surface area contributed by atoms with Crippen molar-refractivity contribution in [3.8, 4) is 5.75 Å². The van der Waals surface area contributed by atoms with Crippen molar-refractivity contribution in [2.75, 3.05) is 13.2 Å². The third kappa shape index (κ3) is 7.88. The molecule has 0 bridgehead atoms. The Kier molecular flexibility index (Phi) is 8.44. The van der Waals surface area contributed by atoms with Crippen molar-refractivity contribution in [3.05, 3.63) is 71.3 Å². The van der Waals surface area contributed by atoms with E-state index < -0.39 is 17.8 Å². The highest BCUT2D eigenvalue weighted by Crippen LogP contribution is 2.13. The minimum absolute atomic E-state index is 0.290. The van der Waals surface area contributed by atoms with E-state index in [2.05, 4.69) is 10.9 Å². The van der Waals surface area contributed by atoms with Crippen molar-refractivity contribution >= 4 is 23.9 Å². The number of esters is 1. The number of hydrazine groups is 1. The van der Waals surface area contributed by atoms with Gasteiger partial charge in [-0.3, -0.25) is 20.4 Å². The van der Waals surface area contributed by atoms with Crippen LogP contribution in [-0.4, -0.2) is 31.0 Å². The number of nitrogens with one attached hydrogen (secondary N) is 2. The SMILES string of the molecule is CCCOC(=O)c1ccc(OCC(=O)NNC(=O)C=Cc2ccc(C)cc2)cc1. The Morgan fingerprint density at radius 3 is 2.31 bits per heavy atom. The van der Waals surface area contributed by atoms with Crippen LogP contribution in [0.1, 0.15) is 34.8 Å². The molecule has 0 aliphatic rings. The summed E-state index contributed by atoms with van der Waals surface area (Å²) in [6.45, 7) is 3.97. The van der Waals surface area contributed by atoms with Crippen molar-refractivity contribution in [1.82, 2.24) is 10.9 Å². The average Bonchev–Trinajstić information content (AvgIpc) is 2.74. The van der Waals surface area contributed by atoms with Crippen LogP contribution in [0, 0.1) is 6.92 Å². The summed E-state index contributed by atoms with van der Waals surface area (Å²) in [7, 11) is 0.